The summed E-state index contributed by atoms with van der Waals surface area (Å²) in [5.41, 5.74) is 5.99. The topological polar surface area (TPSA) is 52.3 Å². The van der Waals surface area contributed by atoms with Crippen LogP contribution in [0.4, 0.5) is 22.0 Å². The molecule has 2 unspecified atom stereocenters. The largest absolute Gasteiger partial charge is 0.446 e. The van der Waals surface area contributed by atoms with Crippen LogP contribution in [-0.2, 0) is 16.0 Å². The highest BCUT2D eigenvalue weighted by Crippen LogP contribution is 2.38. The first-order valence-electron chi connectivity index (χ1n) is 6.59. The summed E-state index contributed by atoms with van der Waals surface area (Å²) in [5, 5.41) is 0. The molecule has 1 aromatic carbocycles. The fourth-order valence-corrected chi connectivity index (χ4v) is 2.50. The molecule has 2 atom stereocenters. The Balaban J connectivity index is 2.20. The van der Waals surface area contributed by atoms with Gasteiger partial charge in [0.1, 0.15) is 0 Å². The summed E-state index contributed by atoms with van der Waals surface area (Å²) in [6.07, 6.45) is -8.21. The predicted molar refractivity (Wildman–Crippen MR) is 67.4 cm³/mol. The number of carbonyl (C=O) groups is 1. The SMILES string of the molecule is NCC(F)(F)C(OC(=O)C1CCc2ccccc21)C(F)(F)F. The van der Waals surface area contributed by atoms with Gasteiger partial charge in [-0.3, -0.25) is 4.79 Å². The molecule has 0 saturated carbocycles. The average Bonchev–Trinajstić information content (AvgIpc) is 2.87. The Bertz CT molecular complexity index is 558. The van der Waals surface area contributed by atoms with Gasteiger partial charge in [-0.05, 0) is 24.0 Å². The molecule has 22 heavy (non-hydrogen) atoms. The van der Waals surface area contributed by atoms with Crippen LogP contribution in [0.25, 0.3) is 0 Å². The van der Waals surface area contributed by atoms with E-state index < -0.39 is 36.6 Å². The molecule has 3 nitrogen and oxygen atoms in total. The Kier molecular flexibility index (Phi) is 4.42. The zero-order chi connectivity index (χ0) is 16.5. The molecule has 0 amide bonds. The highest BCUT2D eigenvalue weighted by atomic mass is 19.4. The van der Waals surface area contributed by atoms with Crippen molar-refractivity contribution in [3.8, 4) is 0 Å². The molecule has 8 heteroatoms. The predicted octanol–water partition coefficient (Wildman–Crippen LogP) is 2.78. The molecule has 2 rings (SSSR count). The fraction of sp³-hybridized carbons (Fsp3) is 0.500. The summed E-state index contributed by atoms with van der Waals surface area (Å²) in [5.74, 6) is -6.64. The van der Waals surface area contributed by atoms with E-state index in [1.807, 2.05) is 0 Å². The van der Waals surface area contributed by atoms with E-state index in [1.165, 1.54) is 0 Å². The molecule has 1 aliphatic rings. The van der Waals surface area contributed by atoms with Gasteiger partial charge in [0.15, 0.2) is 0 Å². The molecule has 0 heterocycles. The van der Waals surface area contributed by atoms with Crippen LogP contribution in [-0.4, -0.2) is 30.7 Å². The quantitative estimate of drug-likeness (QED) is 0.685. The maximum atomic E-state index is 13.3. The Morgan fingerprint density at radius 1 is 1.27 bits per heavy atom. The Labute approximate surface area is 123 Å². The Morgan fingerprint density at radius 3 is 2.50 bits per heavy atom. The van der Waals surface area contributed by atoms with Crippen LogP contribution in [0.2, 0.25) is 0 Å². The number of halogens is 5. The van der Waals surface area contributed by atoms with Crippen LogP contribution in [0.3, 0.4) is 0 Å². The lowest BCUT2D eigenvalue weighted by Gasteiger charge is -2.28. The summed E-state index contributed by atoms with van der Waals surface area (Å²) < 4.78 is 69.0. The lowest BCUT2D eigenvalue weighted by Crippen LogP contribution is -2.52. The van der Waals surface area contributed by atoms with E-state index in [0.29, 0.717) is 12.0 Å². The van der Waals surface area contributed by atoms with Gasteiger partial charge in [0, 0.05) is 0 Å². The molecule has 0 fully saturated rings. The monoisotopic (exact) mass is 323 g/mol. The molecule has 1 aliphatic carbocycles. The molecule has 2 N–H and O–H groups in total. The number of ether oxygens (including phenoxy) is 1. The standard InChI is InChI=1S/C14H14F5NO2/c15-13(16,7-20)12(14(17,18)19)22-11(21)10-6-5-8-3-1-2-4-9(8)10/h1-4,10,12H,5-7,20H2. The lowest BCUT2D eigenvalue weighted by molar-refractivity contribution is -0.275. The number of nitrogens with two attached hydrogens (primary N) is 1. The van der Waals surface area contributed by atoms with E-state index in [-0.39, 0.29) is 6.42 Å². The van der Waals surface area contributed by atoms with Crippen molar-refractivity contribution in [3.05, 3.63) is 35.4 Å². The van der Waals surface area contributed by atoms with Gasteiger partial charge in [-0.15, -0.1) is 0 Å². The zero-order valence-electron chi connectivity index (χ0n) is 11.4. The first-order valence-corrected chi connectivity index (χ1v) is 6.59. The Hall–Kier alpha value is -1.70. The van der Waals surface area contributed by atoms with Gasteiger partial charge in [-0.1, -0.05) is 24.3 Å². The number of benzene rings is 1. The summed E-state index contributed by atoms with van der Waals surface area (Å²) in [4.78, 5) is 11.9. The lowest BCUT2D eigenvalue weighted by atomic mass is 10.0. The highest BCUT2D eigenvalue weighted by molar-refractivity contribution is 5.80. The number of aryl methyl sites for hydroxylation is 1. The number of esters is 1. The van der Waals surface area contributed by atoms with Crippen molar-refractivity contribution in [1.82, 2.24) is 0 Å². The normalized spacial score (nSPS) is 19.6. The van der Waals surface area contributed by atoms with Crippen molar-refractivity contribution in [3.63, 3.8) is 0 Å². The van der Waals surface area contributed by atoms with E-state index in [0.717, 1.165) is 5.56 Å². The fourth-order valence-electron chi connectivity index (χ4n) is 2.50. The van der Waals surface area contributed by atoms with E-state index in [4.69, 9.17) is 0 Å². The van der Waals surface area contributed by atoms with Crippen LogP contribution in [0, 0.1) is 0 Å². The third-order valence-corrected chi connectivity index (χ3v) is 3.60. The third-order valence-electron chi connectivity index (χ3n) is 3.60. The minimum absolute atomic E-state index is 0.233. The summed E-state index contributed by atoms with van der Waals surface area (Å²) in [6.45, 7) is -1.56. The number of hydrogen-bond donors (Lipinski definition) is 1. The summed E-state index contributed by atoms with van der Waals surface area (Å²) in [6, 6.07) is 6.67. The van der Waals surface area contributed by atoms with Crippen LogP contribution in [0.1, 0.15) is 23.5 Å². The maximum Gasteiger partial charge on any atom is 0.431 e. The third kappa shape index (κ3) is 3.21. The number of rotatable bonds is 4. The molecular weight excluding hydrogens is 309 g/mol. The van der Waals surface area contributed by atoms with Crippen molar-refractivity contribution >= 4 is 5.97 Å². The van der Waals surface area contributed by atoms with Gasteiger partial charge in [-0.25, -0.2) is 8.78 Å². The summed E-state index contributed by atoms with van der Waals surface area (Å²) >= 11 is 0. The number of hydrogen-bond acceptors (Lipinski definition) is 3. The molecule has 0 aliphatic heterocycles. The average molecular weight is 323 g/mol. The van der Waals surface area contributed by atoms with E-state index in [2.05, 4.69) is 10.5 Å². The van der Waals surface area contributed by atoms with Gasteiger partial charge in [0.05, 0.1) is 12.5 Å². The van der Waals surface area contributed by atoms with Gasteiger partial charge >= 0.3 is 18.1 Å². The van der Waals surface area contributed by atoms with Crippen molar-refractivity contribution < 1.29 is 31.5 Å². The van der Waals surface area contributed by atoms with Crippen molar-refractivity contribution in [2.75, 3.05) is 6.54 Å². The van der Waals surface area contributed by atoms with E-state index >= 15 is 0 Å². The molecule has 0 aromatic heterocycles. The van der Waals surface area contributed by atoms with Crippen molar-refractivity contribution in [2.24, 2.45) is 5.73 Å². The Morgan fingerprint density at radius 2 is 1.91 bits per heavy atom. The number of alkyl halides is 5. The molecular formula is C14H14F5NO2. The number of carbonyl (C=O) groups excluding carboxylic acids is 1. The first kappa shape index (κ1) is 16.7. The molecule has 0 saturated heterocycles. The van der Waals surface area contributed by atoms with Gasteiger partial charge in [-0.2, -0.15) is 13.2 Å². The zero-order valence-corrected chi connectivity index (χ0v) is 11.4. The second kappa shape index (κ2) is 5.83. The van der Waals surface area contributed by atoms with Crippen LogP contribution in [0.15, 0.2) is 24.3 Å². The van der Waals surface area contributed by atoms with Crippen LogP contribution in [0.5, 0.6) is 0 Å². The molecule has 122 valence electrons. The molecule has 0 spiro atoms. The first-order chi connectivity index (χ1) is 10.2. The minimum atomic E-state index is -5.39. The van der Waals surface area contributed by atoms with Gasteiger partial charge < -0.3 is 10.5 Å². The second-order valence-electron chi connectivity index (χ2n) is 5.11. The number of fused-ring (bicyclic) bond motifs is 1. The second-order valence-corrected chi connectivity index (χ2v) is 5.11. The van der Waals surface area contributed by atoms with Gasteiger partial charge in [0.2, 0.25) is 0 Å². The van der Waals surface area contributed by atoms with E-state index in [1.54, 1.807) is 24.3 Å². The molecule has 0 bridgehead atoms. The maximum absolute atomic E-state index is 13.3. The van der Waals surface area contributed by atoms with Crippen LogP contribution >= 0.6 is 0 Å². The highest BCUT2D eigenvalue weighted by Gasteiger charge is 2.58. The van der Waals surface area contributed by atoms with Crippen molar-refractivity contribution in [1.29, 1.82) is 0 Å². The van der Waals surface area contributed by atoms with Crippen molar-refractivity contribution in [2.45, 2.75) is 37.0 Å². The smallest absolute Gasteiger partial charge is 0.431 e. The molecule has 1 aromatic rings. The van der Waals surface area contributed by atoms with E-state index in [9.17, 15) is 26.7 Å². The van der Waals surface area contributed by atoms with Crippen LogP contribution < -0.4 is 5.73 Å². The summed E-state index contributed by atoms with van der Waals surface area (Å²) in [7, 11) is 0. The van der Waals surface area contributed by atoms with Gasteiger partial charge in [0.25, 0.3) is 6.10 Å². The molecule has 0 radical (unpaired) electrons. The minimum Gasteiger partial charge on any atom is -0.446 e.